The predicted octanol–water partition coefficient (Wildman–Crippen LogP) is 11.9. The van der Waals surface area contributed by atoms with Gasteiger partial charge < -0.3 is 9.84 Å². The van der Waals surface area contributed by atoms with Crippen molar-refractivity contribution in [2.24, 2.45) is 0 Å². The highest BCUT2D eigenvalue weighted by molar-refractivity contribution is 8.16. The molecule has 0 spiro atoms. The number of nitriles is 2. The lowest BCUT2D eigenvalue weighted by atomic mass is 9.83. The van der Waals surface area contributed by atoms with Gasteiger partial charge in [-0.1, -0.05) is 80.5 Å². The Morgan fingerprint density at radius 3 is 2.05 bits per heavy atom. The van der Waals surface area contributed by atoms with E-state index in [1.165, 1.54) is 53.3 Å². The molecule has 9 nitrogen and oxygen atoms in total. The minimum Gasteiger partial charge on any atom is -0.465 e. The molecule has 0 saturated heterocycles. The van der Waals surface area contributed by atoms with Gasteiger partial charge in [0.15, 0.2) is 0 Å². The van der Waals surface area contributed by atoms with Crippen LogP contribution in [0.15, 0.2) is 81.7 Å². The van der Waals surface area contributed by atoms with Crippen molar-refractivity contribution in [3.63, 3.8) is 0 Å². The number of nitrogens with zero attached hydrogens (tertiary/aromatic N) is 6. The number of methoxy groups -OCH3 is 1. The molecule has 6 aromatic rings. The summed E-state index contributed by atoms with van der Waals surface area (Å²) in [7, 11) is 1.33. The van der Waals surface area contributed by atoms with Crippen molar-refractivity contribution in [1.29, 1.82) is 10.5 Å². The normalized spacial score (nSPS) is 11.0. The maximum Gasteiger partial charge on any atom is 0.338 e. The highest BCUT2D eigenvalue weighted by Gasteiger charge is 2.31. The molecule has 58 heavy (non-hydrogen) atoms. The molecule has 4 aromatic heterocycles. The number of aliphatic hydroxyl groups is 1. The third-order valence-electron chi connectivity index (χ3n) is 8.91. The Labute approximate surface area is 364 Å². The smallest absolute Gasteiger partial charge is 0.338 e. The maximum atomic E-state index is 14.0. The molecular weight excluding hydrogens is 841 g/mol. The van der Waals surface area contributed by atoms with Gasteiger partial charge in [0.05, 0.1) is 30.4 Å². The zero-order chi connectivity index (χ0) is 40.9. The van der Waals surface area contributed by atoms with Crippen LogP contribution >= 0.6 is 69.7 Å². The van der Waals surface area contributed by atoms with Gasteiger partial charge in [-0.3, -0.25) is 0 Å². The standard InChI is InChI=1S/C43H40N6O3S6/c1-4-6-16-53-25-57-39-32(22-44)31(21-34(48-39)41-46-14-18-55-41)29-12-9-13-30(43(51)52-3)36(29)37-35(28-11-8-10-27(20-28)24-50)33(23-45)40(58-26-54-17-7-5-2)49-38(37)42-47-15-19-56-42/h8-15,18-21,50H,4-7,16-17,24-26H2,1-3H3. The summed E-state index contributed by atoms with van der Waals surface area (Å²) in [5, 5.41) is 39.9. The largest absolute Gasteiger partial charge is 0.465 e. The first kappa shape index (κ1) is 43.4. The zero-order valence-corrected chi connectivity index (χ0v) is 37.1. The van der Waals surface area contributed by atoms with Gasteiger partial charge in [-0.15, -0.1) is 22.7 Å². The van der Waals surface area contributed by atoms with Gasteiger partial charge in [0.2, 0.25) is 0 Å². The number of carbonyl (C=O) groups is 1. The van der Waals surface area contributed by atoms with Crippen LogP contribution in [0, 0.1) is 22.7 Å². The average molecular weight is 881 g/mol. The molecule has 4 heterocycles. The van der Waals surface area contributed by atoms with Crippen molar-refractivity contribution >= 4 is 75.7 Å². The summed E-state index contributed by atoms with van der Waals surface area (Å²) in [6, 6.07) is 19.6. The summed E-state index contributed by atoms with van der Waals surface area (Å²) in [6.45, 7) is 4.11. The van der Waals surface area contributed by atoms with E-state index in [0.717, 1.165) is 37.2 Å². The Morgan fingerprint density at radius 2 is 1.45 bits per heavy atom. The van der Waals surface area contributed by atoms with Crippen LogP contribution in [-0.4, -0.2) is 59.8 Å². The van der Waals surface area contributed by atoms with Crippen molar-refractivity contribution in [1.82, 2.24) is 19.9 Å². The number of unbranched alkanes of at least 4 members (excludes halogenated alkanes) is 2. The number of pyridine rings is 2. The van der Waals surface area contributed by atoms with Crippen LogP contribution < -0.4 is 0 Å². The lowest BCUT2D eigenvalue weighted by Crippen LogP contribution is -2.09. The van der Waals surface area contributed by atoms with Crippen LogP contribution in [0.25, 0.3) is 54.8 Å². The molecule has 1 N–H and O–H groups in total. The topological polar surface area (TPSA) is 146 Å². The van der Waals surface area contributed by atoms with Crippen molar-refractivity contribution in [2.75, 3.05) is 28.8 Å². The number of thioether (sulfide) groups is 4. The third-order valence-corrected chi connectivity index (χ3v) is 15.1. The third kappa shape index (κ3) is 9.97. The van der Waals surface area contributed by atoms with E-state index in [9.17, 15) is 20.4 Å². The Morgan fingerprint density at radius 1 is 0.793 bits per heavy atom. The van der Waals surface area contributed by atoms with E-state index in [-0.39, 0.29) is 12.2 Å². The molecular formula is C43H40N6O3S6. The summed E-state index contributed by atoms with van der Waals surface area (Å²) < 4.78 is 5.45. The van der Waals surface area contributed by atoms with E-state index in [2.05, 4.69) is 31.0 Å². The van der Waals surface area contributed by atoms with E-state index in [0.29, 0.717) is 91.7 Å². The highest BCUT2D eigenvalue weighted by Crippen LogP contribution is 2.50. The molecule has 0 fully saturated rings. The van der Waals surface area contributed by atoms with Crippen LogP contribution in [0.2, 0.25) is 0 Å². The molecule has 0 bridgehead atoms. The minimum atomic E-state index is -0.601. The second-order valence-corrected chi connectivity index (χ2v) is 19.3. The fraction of sp³-hybridized carbons (Fsp3) is 0.279. The first-order chi connectivity index (χ1) is 28.5. The fourth-order valence-electron chi connectivity index (χ4n) is 6.16. The number of aromatic nitrogens is 4. The Kier molecular flexibility index (Phi) is 16.2. The van der Waals surface area contributed by atoms with Gasteiger partial charge in [-0.2, -0.15) is 34.0 Å². The van der Waals surface area contributed by atoms with Gasteiger partial charge in [-0.25, -0.2) is 24.7 Å². The zero-order valence-electron chi connectivity index (χ0n) is 32.2. The van der Waals surface area contributed by atoms with E-state index in [1.54, 1.807) is 48.1 Å². The molecule has 0 radical (unpaired) electrons. The second-order valence-electron chi connectivity index (χ2n) is 12.7. The number of hydrogen-bond acceptors (Lipinski definition) is 15. The quantitative estimate of drug-likeness (QED) is 0.0357. The molecule has 6 rings (SSSR count). The van der Waals surface area contributed by atoms with Gasteiger partial charge in [-0.05, 0) is 59.2 Å². The molecule has 15 heteroatoms. The number of thiazole rings is 2. The lowest BCUT2D eigenvalue weighted by molar-refractivity contribution is 0.0601. The van der Waals surface area contributed by atoms with Crippen LogP contribution in [0.1, 0.15) is 66.6 Å². The molecule has 0 aliphatic carbocycles. The van der Waals surface area contributed by atoms with Crippen molar-refractivity contribution in [3.8, 4) is 66.9 Å². The van der Waals surface area contributed by atoms with Gasteiger partial charge in [0, 0.05) is 55.6 Å². The van der Waals surface area contributed by atoms with Crippen LogP contribution in [0.5, 0.6) is 0 Å². The summed E-state index contributed by atoms with van der Waals surface area (Å²) in [5.41, 5.74) is 5.85. The lowest BCUT2D eigenvalue weighted by Gasteiger charge is -2.23. The van der Waals surface area contributed by atoms with Crippen molar-refractivity contribution in [3.05, 3.63) is 93.9 Å². The van der Waals surface area contributed by atoms with E-state index >= 15 is 0 Å². The number of carbonyl (C=O) groups excluding carboxylic acids is 1. The first-order valence-electron chi connectivity index (χ1n) is 18.5. The molecule has 2 aromatic carbocycles. The van der Waals surface area contributed by atoms with Crippen LogP contribution in [0.4, 0.5) is 0 Å². The number of rotatable bonds is 19. The number of ether oxygens (including phenoxy) is 1. The summed E-state index contributed by atoms with van der Waals surface area (Å²) in [6.07, 6.45) is 7.79. The van der Waals surface area contributed by atoms with E-state index in [1.807, 2.05) is 47.2 Å². The van der Waals surface area contributed by atoms with Gasteiger partial charge in [0.25, 0.3) is 0 Å². The molecule has 0 unspecified atom stereocenters. The summed E-state index contributed by atoms with van der Waals surface area (Å²) in [5.74, 6) is 1.38. The number of benzene rings is 2. The number of aliphatic hydroxyl groups excluding tert-OH is 1. The van der Waals surface area contributed by atoms with Crippen molar-refractivity contribution in [2.45, 2.75) is 56.2 Å². The fourth-order valence-corrected chi connectivity index (χ4v) is 11.8. The number of esters is 1. The predicted molar refractivity (Wildman–Crippen MR) is 243 cm³/mol. The molecule has 0 amide bonds. The molecule has 0 aliphatic heterocycles. The molecule has 0 atom stereocenters. The van der Waals surface area contributed by atoms with E-state index < -0.39 is 5.97 Å². The highest BCUT2D eigenvalue weighted by atomic mass is 32.2. The van der Waals surface area contributed by atoms with E-state index in [4.69, 9.17) is 19.7 Å². The van der Waals surface area contributed by atoms with Gasteiger partial charge >= 0.3 is 5.97 Å². The minimum absolute atomic E-state index is 0.214. The SMILES string of the molecule is CCCCSCSc1nc(-c2nccs2)cc(-c2cccc(C(=O)OC)c2-c2c(-c3nccs3)nc(SCSCCCC)c(C#N)c2-c2cccc(CO)c2)c1C#N. The number of hydrogen-bond donors (Lipinski definition) is 1. The van der Waals surface area contributed by atoms with Crippen LogP contribution in [-0.2, 0) is 11.3 Å². The molecule has 296 valence electrons. The average Bonchev–Trinajstić information content (AvgIpc) is 4.01. The summed E-state index contributed by atoms with van der Waals surface area (Å²) >= 11 is 9.44. The Balaban J connectivity index is 1.74. The maximum absolute atomic E-state index is 14.0. The van der Waals surface area contributed by atoms with Crippen LogP contribution in [0.3, 0.4) is 0 Å². The monoisotopic (exact) mass is 880 g/mol. The molecule has 0 aliphatic rings. The first-order valence-corrected chi connectivity index (χ1v) is 24.6. The Bertz CT molecular complexity index is 2430. The van der Waals surface area contributed by atoms with Crippen molar-refractivity contribution < 1.29 is 14.6 Å². The van der Waals surface area contributed by atoms with Gasteiger partial charge in [0.1, 0.15) is 43.6 Å². The Hall–Kier alpha value is -4.19. The second kappa shape index (κ2) is 21.7. The molecule has 0 saturated carbocycles. The summed E-state index contributed by atoms with van der Waals surface area (Å²) in [4.78, 5) is 33.6.